The first kappa shape index (κ1) is 18.6. The van der Waals surface area contributed by atoms with Crippen molar-refractivity contribution >= 4 is 6.08 Å². The number of allylic oxidation sites excluding steroid dienone is 1. The Labute approximate surface area is 161 Å². The average molecular weight is 352 g/mol. The smallest absolute Gasteiger partial charge is 0.0912 e. The van der Waals surface area contributed by atoms with Crippen LogP contribution in [0.25, 0.3) is 28.5 Å². The summed E-state index contributed by atoms with van der Waals surface area (Å²) in [5.74, 6) is 0. The predicted octanol–water partition coefficient (Wildman–Crippen LogP) is 6.69. The molecule has 3 rings (SSSR count). The largest absolute Gasteiger partial charge is 0.256 e. The Morgan fingerprint density at radius 3 is 2.19 bits per heavy atom. The second-order valence-electron chi connectivity index (χ2n) is 6.67. The lowest BCUT2D eigenvalue weighted by Crippen LogP contribution is -1.88. The zero-order valence-corrected chi connectivity index (χ0v) is 15.7. The van der Waals surface area contributed by atoms with Crippen molar-refractivity contribution in [1.82, 2.24) is 4.98 Å². The van der Waals surface area contributed by atoms with E-state index < -0.39 is 0 Å². The molecule has 0 unspecified atom stereocenters. The third-order valence-electron chi connectivity index (χ3n) is 4.68. The standard InChI is InChI=1S/C25H24N2/c1-2-3-4-6-20-8-12-22(13-9-20)24-16-17-25(27-19-24)23-14-10-21(11-15-23)7-5-18-26/h5,7-17,19H,2-4,6H2,1H3. The molecule has 134 valence electrons. The first-order chi connectivity index (χ1) is 13.3. The molecule has 0 fully saturated rings. The van der Waals surface area contributed by atoms with Crippen molar-refractivity contribution in [2.24, 2.45) is 0 Å². The number of unbranched alkanes of at least 4 members (excludes halogenated alkanes) is 2. The number of hydrogen-bond acceptors (Lipinski definition) is 2. The van der Waals surface area contributed by atoms with Crippen LogP contribution < -0.4 is 0 Å². The van der Waals surface area contributed by atoms with Crippen LogP contribution in [-0.4, -0.2) is 4.98 Å². The first-order valence-electron chi connectivity index (χ1n) is 9.52. The molecule has 0 aliphatic rings. The molecule has 0 aliphatic heterocycles. The third-order valence-corrected chi connectivity index (χ3v) is 4.68. The van der Waals surface area contributed by atoms with Gasteiger partial charge in [-0.05, 0) is 41.7 Å². The first-order valence-corrected chi connectivity index (χ1v) is 9.52. The van der Waals surface area contributed by atoms with E-state index in [1.807, 2.05) is 36.5 Å². The van der Waals surface area contributed by atoms with Gasteiger partial charge in [-0.1, -0.05) is 74.4 Å². The molecule has 0 saturated heterocycles. The Balaban J connectivity index is 1.69. The van der Waals surface area contributed by atoms with Gasteiger partial charge < -0.3 is 0 Å². The molecular weight excluding hydrogens is 328 g/mol. The lowest BCUT2D eigenvalue weighted by molar-refractivity contribution is 0.717. The van der Waals surface area contributed by atoms with Crippen molar-refractivity contribution in [3.8, 4) is 28.5 Å². The number of aromatic nitrogens is 1. The Morgan fingerprint density at radius 2 is 1.56 bits per heavy atom. The van der Waals surface area contributed by atoms with Gasteiger partial charge in [0.2, 0.25) is 0 Å². The molecule has 27 heavy (non-hydrogen) atoms. The van der Waals surface area contributed by atoms with E-state index in [-0.39, 0.29) is 0 Å². The van der Waals surface area contributed by atoms with Gasteiger partial charge in [-0.15, -0.1) is 0 Å². The maximum absolute atomic E-state index is 8.60. The minimum absolute atomic E-state index is 0.950. The van der Waals surface area contributed by atoms with Gasteiger partial charge in [0.1, 0.15) is 0 Å². The molecule has 3 aromatic rings. The SMILES string of the molecule is CCCCCc1ccc(-c2ccc(-c3ccc(C=CC#N)cc3)nc2)cc1. The molecule has 2 heteroatoms. The molecule has 2 aromatic carbocycles. The number of pyridine rings is 1. The summed E-state index contributed by atoms with van der Waals surface area (Å²) in [5, 5.41) is 8.60. The van der Waals surface area contributed by atoms with Crippen molar-refractivity contribution in [2.45, 2.75) is 32.6 Å². The van der Waals surface area contributed by atoms with Crippen LogP contribution >= 0.6 is 0 Å². The molecule has 1 aromatic heterocycles. The molecule has 0 bridgehead atoms. The summed E-state index contributed by atoms with van der Waals surface area (Å²) >= 11 is 0. The van der Waals surface area contributed by atoms with Crippen LogP contribution in [-0.2, 0) is 6.42 Å². The molecule has 2 nitrogen and oxygen atoms in total. The number of nitrogens with zero attached hydrogens (tertiary/aromatic N) is 2. The van der Waals surface area contributed by atoms with Crippen LogP contribution in [0.4, 0.5) is 0 Å². The maximum Gasteiger partial charge on any atom is 0.0912 e. The molecule has 0 aliphatic carbocycles. The predicted molar refractivity (Wildman–Crippen MR) is 113 cm³/mol. The highest BCUT2D eigenvalue weighted by Gasteiger charge is 2.02. The van der Waals surface area contributed by atoms with E-state index >= 15 is 0 Å². The highest BCUT2D eigenvalue weighted by Crippen LogP contribution is 2.24. The summed E-state index contributed by atoms with van der Waals surface area (Å²) in [6.07, 6.45) is 10.2. The van der Waals surface area contributed by atoms with Crippen LogP contribution in [0.5, 0.6) is 0 Å². The number of aryl methyl sites for hydroxylation is 1. The maximum atomic E-state index is 8.60. The third kappa shape index (κ3) is 5.15. The van der Waals surface area contributed by atoms with E-state index in [0.29, 0.717) is 0 Å². The minimum Gasteiger partial charge on any atom is -0.256 e. The van der Waals surface area contributed by atoms with Crippen LogP contribution in [0.2, 0.25) is 0 Å². The number of hydrogen-bond donors (Lipinski definition) is 0. The Kier molecular flexibility index (Phi) is 6.55. The highest BCUT2D eigenvalue weighted by atomic mass is 14.7. The van der Waals surface area contributed by atoms with E-state index in [1.165, 1.54) is 36.5 Å². The van der Waals surface area contributed by atoms with Crippen molar-refractivity contribution in [3.05, 3.63) is 84.1 Å². The van der Waals surface area contributed by atoms with Crippen molar-refractivity contribution < 1.29 is 0 Å². The summed E-state index contributed by atoms with van der Waals surface area (Å²) in [4.78, 5) is 4.63. The number of benzene rings is 2. The fraction of sp³-hybridized carbons (Fsp3) is 0.200. The van der Waals surface area contributed by atoms with Gasteiger partial charge in [-0.2, -0.15) is 5.26 Å². The number of nitriles is 1. The monoisotopic (exact) mass is 352 g/mol. The second kappa shape index (κ2) is 9.50. The summed E-state index contributed by atoms with van der Waals surface area (Å²) in [6.45, 7) is 2.24. The lowest BCUT2D eigenvalue weighted by atomic mass is 10.0. The molecule has 0 radical (unpaired) electrons. The van der Waals surface area contributed by atoms with Crippen LogP contribution in [0.3, 0.4) is 0 Å². The Morgan fingerprint density at radius 1 is 0.852 bits per heavy atom. The van der Waals surface area contributed by atoms with Gasteiger partial charge in [0, 0.05) is 23.4 Å². The van der Waals surface area contributed by atoms with E-state index in [2.05, 4.69) is 48.3 Å². The second-order valence-corrected chi connectivity index (χ2v) is 6.67. The quantitative estimate of drug-likeness (QED) is 0.351. The minimum atomic E-state index is 0.950. The average Bonchev–Trinajstić information content (AvgIpc) is 2.73. The lowest BCUT2D eigenvalue weighted by Gasteiger charge is -2.06. The van der Waals surface area contributed by atoms with E-state index in [1.54, 1.807) is 6.08 Å². The molecule has 1 heterocycles. The molecule has 0 spiro atoms. The van der Waals surface area contributed by atoms with Gasteiger partial charge >= 0.3 is 0 Å². The highest BCUT2D eigenvalue weighted by molar-refractivity contribution is 5.68. The van der Waals surface area contributed by atoms with Gasteiger partial charge in [-0.3, -0.25) is 4.98 Å². The summed E-state index contributed by atoms with van der Waals surface area (Å²) in [5.41, 5.74) is 6.77. The van der Waals surface area contributed by atoms with Gasteiger partial charge in [-0.25, -0.2) is 0 Å². The van der Waals surface area contributed by atoms with E-state index in [4.69, 9.17) is 5.26 Å². The molecule has 0 N–H and O–H groups in total. The van der Waals surface area contributed by atoms with Crippen molar-refractivity contribution in [1.29, 1.82) is 5.26 Å². The summed E-state index contributed by atoms with van der Waals surface area (Å²) in [6, 6.07) is 23.1. The van der Waals surface area contributed by atoms with Crippen LogP contribution in [0, 0.1) is 11.3 Å². The molecule has 0 amide bonds. The normalized spacial score (nSPS) is 10.8. The van der Waals surface area contributed by atoms with E-state index in [0.717, 1.165) is 28.8 Å². The van der Waals surface area contributed by atoms with Gasteiger partial charge in [0.05, 0.1) is 11.8 Å². The van der Waals surface area contributed by atoms with Crippen molar-refractivity contribution in [3.63, 3.8) is 0 Å². The summed E-state index contributed by atoms with van der Waals surface area (Å²) in [7, 11) is 0. The zero-order chi connectivity index (χ0) is 18.9. The molecule has 0 saturated carbocycles. The summed E-state index contributed by atoms with van der Waals surface area (Å²) < 4.78 is 0. The fourth-order valence-electron chi connectivity index (χ4n) is 3.08. The zero-order valence-electron chi connectivity index (χ0n) is 15.7. The molecule has 0 atom stereocenters. The van der Waals surface area contributed by atoms with Crippen LogP contribution in [0.1, 0.15) is 37.3 Å². The Bertz CT molecular complexity index is 912. The number of rotatable bonds is 7. The van der Waals surface area contributed by atoms with Gasteiger partial charge in [0.15, 0.2) is 0 Å². The van der Waals surface area contributed by atoms with Gasteiger partial charge in [0.25, 0.3) is 0 Å². The fourth-order valence-corrected chi connectivity index (χ4v) is 3.08. The topological polar surface area (TPSA) is 36.7 Å². The van der Waals surface area contributed by atoms with E-state index in [9.17, 15) is 0 Å². The van der Waals surface area contributed by atoms with Crippen molar-refractivity contribution in [2.75, 3.05) is 0 Å². The Hall–Kier alpha value is -3.18. The van der Waals surface area contributed by atoms with Crippen LogP contribution in [0.15, 0.2) is 72.9 Å². The molecular formula is C25H24N2.